The third-order valence-electron chi connectivity index (χ3n) is 5.53. The molecule has 0 aliphatic carbocycles. The van der Waals surface area contributed by atoms with Gasteiger partial charge in [-0.1, -0.05) is 44.2 Å². The third kappa shape index (κ3) is 4.28. The number of ether oxygens (including phenoxy) is 1. The molecular formula is C22H28N2O3S. The van der Waals surface area contributed by atoms with Crippen LogP contribution in [-0.2, 0) is 20.7 Å². The van der Waals surface area contributed by atoms with Crippen LogP contribution < -0.4 is 5.73 Å². The molecule has 28 heavy (non-hydrogen) atoms. The van der Waals surface area contributed by atoms with E-state index in [2.05, 4.69) is 6.07 Å². The van der Waals surface area contributed by atoms with Crippen LogP contribution in [0, 0.1) is 5.92 Å². The molecule has 6 heteroatoms. The highest BCUT2D eigenvalue weighted by atomic mass is 32.1. The topological polar surface area (TPSA) is 72.6 Å². The van der Waals surface area contributed by atoms with E-state index in [1.807, 2.05) is 49.6 Å². The van der Waals surface area contributed by atoms with Gasteiger partial charge in [0.2, 0.25) is 5.91 Å². The quantitative estimate of drug-likeness (QED) is 0.773. The Labute approximate surface area is 170 Å². The van der Waals surface area contributed by atoms with Crippen LogP contribution in [0.5, 0.6) is 0 Å². The minimum absolute atomic E-state index is 0.0197. The average molecular weight is 401 g/mol. The van der Waals surface area contributed by atoms with Crippen molar-refractivity contribution >= 4 is 23.2 Å². The van der Waals surface area contributed by atoms with Crippen LogP contribution >= 0.6 is 11.3 Å². The van der Waals surface area contributed by atoms with Gasteiger partial charge in [0.25, 0.3) is 5.91 Å². The van der Waals surface area contributed by atoms with Crippen LogP contribution in [-0.4, -0.2) is 42.0 Å². The molecule has 0 spiro atoms. The Morgan fingerprint density at radius 2 is 1.93 bits per heavy atom. The van der Waals surface area contributed by atoms with Gasteiger partial charge in [-0.2, -0.15) is 0 Å². The molecule has 1 saturated heterocycles. The first kappa shape index (κ1) is 20.6. The molecule has 1 aromatic carbocycles. The van der Waals surface area contributed by atoms with Gasteiger partial charge < -0.3 is 15.4 Å². The lowest BCUT2D eigenvalue weighted by Gasteiger charge is -2.41. The zero-order chi connectivity index (χ0) is 20.1. The van der Waals surface area contributed by atoms with Crippen LogP contribution in [0.15, 0.2) is 41.8 Å². The highest BCUT2D eigenvalue weighted by Gasteiger charge is 2.44. The minimum atomic E-state index is -1.18. The number of amides is 2. The maximum Gasteiger partial charge on any atom is 0.251 e. The molecule has 2 amide bonds. The second-order valence-corrected chi connectivity index (χ2v) is 8.28. The van der Waals surface area contributed by atoms with Crippen molar-refractivity contribution in [3.8, 4) is 10.4 Å². The molecule has 0 bridgehead atoms. The molecule has 1 atom stereocenters. The van der Waals surface area contributed by atoms with Gasteiger partial charge >= 0.3 is 0 Å². The second-order valence-electron chi connectivity index (χ2n) is 7.33. The first-order chi connectivity index (χ1) is 13.5. The number of primary amides is 1. The Hall–Kier alpha value is -2.18. The second kappa shape index (κ2) is 8.88. The molecule has 150 valence electrons. The number of carbonyl (C=O) groups is 2. The normalized spacial score (nSPS) is 19.8. The van der Waals surface area contributed by atoms with Crippen molar-refractivity contribution in [3.05, 3.63) is 47.3 Å². The van der Waals surface area contributed by atoms with E-state index in [0.29, 0.717) is 19.6 Å². The summed E-state index contributed by atoms with van der Waals surface area (Å²) in [7, 11) is 0. The summed E-state index contributed by atoms with van der Waals surface area (Å²) >= 11 is 1.69. The first-order valence-corrected chi connectivity index (χ1v) is 10.7. The van der Waals surface area contributed by atoms with E-state index in [1.165, 1.54) is 4.88 Å². The van der Waals surface area contributed by atoms with E-state index in [1.54, 1.807) is 16.2 Å². The SMILES string of the molecule is CCC(CC)C(=O)N1CCO[C@@](Cc2ccc(-c3cccs3)cc2)(C(N)=O)C1. The van der Waals surface area contributed by atoms with Gasteiger partial charge in [-0.05, 0) is 35.4 Å². The van der Waals surface area contributed by atoms with E-state index in [-0.39, 0.29) is 18.4 Å². The van der Waals surface area contributed by atoms with Crippen molar-refractivity contribution in [2.24, 2.45) is 11.7 Å². The number of rotatable bonds is 7. The van der Waals surface area contributed by atoms with E-state index in [4.69, 9.17) is 10.5 Å². The lowest BCUT2D eigenvalue weighted by molar-refractivity contribution is -0.165. The van der Waals surface area contributed by atoms with Crippen molar-refractivity contribution in [3.63, 3.8) is 0 Å². The molecular weight excluding hydrogens is 372 g/mol. The average Bonchev–Trinajstić information content (AvgIpc) is 3.24. The Morgan fingerprint density at radius 1 is 1.21 bits per heavy atom. The summed E-state index contributed by atoms with van der Waals surface area (Å²) in [5, 5.41) is 2.05. The fourth-order valence-corrected chi connectivity index (χ4v) is 4.50. The van der Waals surface area contributed by atoms with Crippen molar-refractivity contribution < 1.29 is 14.3 Å². The molecule has 0 radical (unpaired) electrons. The van der Waals surface area contributed by atoms with E-state index in [9.17, 15) is 9.59 Å². The number of nitrogens with zero attached hydrogens (tertiary/aromatic N) is 1. The summed E-state index contributed by atoms with van der Waals surface area (Å²) < 4.78 is 5.89. The maximum atomic E-state index is 12.8. The van der Waals surface area contributed by atoms with Gasteiger partial charge in [-0.15, -0.1) is 11.3 Å². The maximum absolute atomic E-state index is 12.8. The molecule has 3 rings (SSSR count). The largest absolute Gasteiger partial charge is 0.367 e. The molecule has 2 aromatic rings. The summed E-state index contributed by atoms with van der Waals surface area (Å²) in [6.45, 7) is 5.07. The molecule has 0 unspecified atom stereocenters. The van der Waals surface area contributed by atoms with Crippen LogP contribution in [0.2, 0.25) is 0 Å². The summed E-state index contributed by atoms with van der Waals surface area (Å²) in [5.41, 5.74) is 6.69. The van der Waals surface area contributed by atoms with Crippen molar-refractivity contribution in [1.82, 2.24) is 4.90 Å². The smallest absolute Gasteiger partial charge is 0.251 e. The lowest BCUT2D eigenvalue weighted by atomic mass is 9.90. The summed E-state index contributed by atoms with van der Waals surface area (Å²) in [4.78, 5) is 28.1. The van der Waals surface area contributed by atoms with Gasteiger partial charge in [0.15, 0.2) is 5.60 Å². The highest BCUT2D eigenvalue weighted by Crippen LogP contribution is 2.28. The van der Waals surface area contributed by atoms with Gasteiger partial charge in [0, 0.05) is 23.8 Å². The first-order valence-electron chi connectivity index (χ1n) is 9.84. The molecule has 0 saturated carbocycles. The Bertz CT molecular complexity index is 800. The number of carbonyl (C=O) groups excluding carboxylic acids is 2. The number of nitrogens with two attached hydrogens (primary N) is 1. The van der Waals surface area contributed by atoms with Gasteiger partial charge in [0.1, 0.15) is 0 Å². The van der Waals surface area contributed by atoms with Gasteiger partial charge in [-0.25, -0.2) is 0 Å². The number of benzene rings is 1. The Morgan fingerprint density at radius 3 is 2.50 bits per heavy atom. The third-order valence-corrected chi connectivity index (χ3v) is 6.45. The van der Waals surface area contributed by atoms with E-state index < -0.39 is 11.5 Å². The van der Waals surface area contributed by atoms with E-state index >= 15 is 0 Å². The Balaban J connectivity index is 1.78. The lowest BCUT2D eigenvalue weighted by Crippen LogP contribution is -2.61. The summed E-state index contributed by atoms with van der Waals surface area (Å²) in [6.07, 6.45) is 1.95. The van der Waals surface area contributed by atoms with Crippen LogP contribution in [0.4, 0.5) is 0 Å². The number of morpholine rings is 1. The zero-order valence-corrected chi connectivity index (χ0v) is 17.3. The molecule has 2 N–H and O–H groups in total. The molecule has 1 aliphatic heterocycles. The fourth-order valence-electron chi connectivity index (χ4n) is 3.77. The summed E-state index contributed by atoms with van der Waals surface area (Å²) in [5.74, 6) is -0.447. The number of thiophene rings is 1. The predicted octanol–water partition coefficient (Wildman–Crippen LogP) is 3.48. The summed E-state index contributed by atoms with van der Waals surface area (Å²) in [6, 6.07) is 12.2. The predicted molar refractivity (Wildman–Crippen MR) is 112 cm³/mol. The van der Waals surface area contributed by atoms with Crippen LogP contribution in [0.25, 0.3) is 10.4 Å². The molecule has 2 heterocycles. The van der Waals surface area contributed by atoms with Crippen molar-refractivity contribution in [2.45, 2.75) is 38.7 Å². The van der Waals surface area contributed by atoms with Crippen molar-refractivity contribution in [2.75, 3.05) is 19.7 Å². The van der Waals surface area contributed by atoms with Gasteiger partial charge in [0.05, 0.1) is 13.2 Å². The molecule has 1 aromatic heterocycles. The van der Waals surface area contributed by atoms with Crippen molar-refractivity contribution in [1.29, 1.82) is 0 Å². The monoisotopic (exact) mass is 400 g/mol. The highest BCUT2D eigenvalue weighted by molar-refractivity contribution is 7.13. The minimum Gasteiger partial charge on any atom is -0.367 e. The molecule has 1 fully saturated rings. The van der Waals surface area contributed by atoms with Crippen LogP contribution in [0.3, 0.4) is 0 Å². The number of hydrogen-bond acceptors (Lipinski definition) is 4. The molecule has 1 aliphatic rings. The fraction of sp³-hybridized carbons (Fsp3) is 0.455. The van der Waals surface area contributed by atoms with Crippen LogP contribution in [0.1, 0.15) is 32.3 Å². The standard InChI is InChI=1S/C22H28N2O3S/c1-3-17(4-2)20(25)24-11-12-27-22(15-24,21(23)26)14-16-7-9-18(10-8-16)19-6-5-13-28-19/h5-10,13,17H,3-4,11-12,14-15H2,1-2H3,(H2,23,26)/t22-/m1/s1. The van der Waals surface area contributed by atoms with E-state index in [0.717, 1.165) is 24.0 Å². The van der Waals surface area contributed by atoms with Gasteiger partial charge in [-0.3, -0.25) is 9.59 Å². The number of hydrogen-bond donors (Lipinski definition) is 1. The Kier molecular flexibility index (Phi) is 6.52. The zero-order valence-electron chi connectivity index (χ0n) is 16.5. The molecule has 5 nitrogen and oxygen atoms in total.